The highest BCUT2D eigenvalue weighted by molar-refractivity contribution is 5.78. The Balaban J connectivity index is 1.30. The molecule has 3 fully saturated rings. The molecular weight excluding hydrogens is 388 g/mol. The molecule has 0 aliphatic carbocycles. The quantitative estimate of drug-likeness (QED) is 0.665. The van der Waals surface area contributed by atoms with Crippen LogP contribution in [0.1, 0.15) is 58.9 Å². The minimum atomic E-state index is 0.185. The molecule has 2 bridgehead atoms. The summed E-state index contributed by atoms with van der Waals surface area (Å²) in [4.78, 5) is 31.7. The van der Waals surface area contributed by atoms with Gasteiger partial charge in [0, 0.05) is 87.8 Å². The molecule has 4 heterocycles. The van der Waals surface area contributed by atoms with Gasteiger partial charge in [0.2, 0.25) is 11.9 Å². The molecule has 7 nitrogen and oxygen atoms in total. The van der Waals surface area contributed by atoms with Crippen molar-refractivity contribution in [3.8, 4) is 0 Å². The minimum Gasteiger partial charge on any atom is -0.340 e. The van der Waals surface area contributed by atoms with Crippen LogP contribution in [0, 0.1) is 5.92 Å². The summed E-state index contributed by atoms with van der Waals surface area (Å²) in [6.07, 6.45) is 8.40. The van der Waals surface area contributed by atoms with Crippen LogP contribution < -0.4 is 4.90 Å². The average Bonchev–Trinajstić information content (AvgIpc) is 3.04. The molecule has 4 rings (SSSR count). The third kappa shape index (κ3) is 4.87. The van der Waals surface area contributed by atoms with E-state index in [1.165, 1.54) is 12.8 Å². The topological polar surface area (TPSA) is 55.8 Å². The van der Waals surface area contributed by atoms with Gasteiger partial charge in [-0.05, 0) is 39.5 Å². The predicted octanol–water partition coefficient (Wildman–Crippen LogP) is 2.62. The largest absolute Gasteiger partial charge is 0.340 e. The maximum absolute atomic E-state index is 12.6. The van der Waals surface area contributed by atoms with Gasteiger partial charge in [0.15, 0.2) is 0 Å². The highest BCUT2D eigenvalue weighted by Crippen LogP contribution is 2.33. The van der Waals surface area contributed by atoms with Crippen molar-refractivity contribution in [1.82, 2.24) is 24.7 Å². The summed E-state index contributed by atoms with van der Waals surface area (Å²) in [5.41, 5.74) is 1.16. The summed E-state index contributed by atoms with van der Waals surface area (Å²) in [5, 5.41) is 0. The zero-order valence-electron chi connectivity index (χ0n) is 19.8. The van der Waals surface area contributed by atoms with Gasteiger partial charge < -0.3 is 9.80 Å². The van der Waals surface area contributed by atoms with E-state index in [0.29, 0.717) is 24.0 Å². The van der Waals surface area contributed by atoms with E-state index < -0.39 is 0 Å². The molecule has 1 aromatic heterocycles. The van der Waals surface area contributed by atoms with Crippen LogP contribution >= 0.6 is 0 Å². The maximum atomic E-state index is 12.6. The SMILES string of the molecule is CCC(CC)C(=O)N1CCN(Cc2cnc(N3C4CCC3CN(C(C)C)C4)nc2)CC1. The fourth-order valence-electron chi connectivity index (χ4n) is 5.53. The summed E-state index contributed by atoms with van der Waals surface area (Å²) < 4.78 is 0. The van der Waals surface area contributed by atoms with Gasteiger partial charge in [-0.3, -0.25) is 14.6 Å². The van der Waals surface area contributed by atoms with Gasteiger partial charge in [0.1, 0.15) is 0 Å². The number of aromatic nitrogens is 2. The van der Waals surface area contributed by atoms with Gasteiger partial charge in [-0.15, -0.1) is 0 Å². The number of hydrogen-bond donors (Lipinski definition) is 0. The van der Waals surface area contributed by atoms with Crippen molar-refractivity contribution in [2.45, 2.75) is 78.0 Å². The number of amides is 1. The zero-order chi connectivity index (χ0) is 22.0. The first-order chi connectivity index (χ1) is 15.0. The van der Waals surface area contributed by atoms with E-state index in [9.17, 15) is 4.79 Å². The van der Waals surface area contributed by atoms with Gasteiger partial charge in [0.05, 0.1) is 0 Å². The number of hydrogen-bond acceptors (Lipinski definition) is 6. The van der Waals surface area contributed by atoms with Crippen molar-refractivity contribution < 1.29 is 4.79 Å². The Hall–Kier alpha value is -1.73. The lowest BCUT2D eigenvalue weighted by Gasteiger charge is -2.42. The fourth-order valence-corrected chi connectivity index (χ4v) is 5.53. The van der Waals surface area contributed by atoms with Crippen molar-refractivity contribution in [3.05, 3.63) is 18.0 Å². The molecule has 2 atom stereocenters. The molecule has 2 unspecified atom stereocenters. The maximum Gasteiger partial charge on any atom is 0.225 e. The van der Waals surface area contributed by atoms with Crippen molar-refractivity contribution in [3.63, 3.8) is 0 Å². The third-order valence-electron chi connectivity index (χ3n) is 7.59. The second-order valence-electron chi connectivity index (χ2n) is 9.85. The Morgan fingerprint density at radius 2 is 1.58 bits per heavy atom. The number of rotatable bonds is 7. The number of carbonyl (C=O) groups is 1. The van der Waals surface area contributed by atoms with Crippen LogP contribution in [-0.2, 0) is 11.3 Å². The van der Waals surface area contributed by atoms with E-state index >= 15 is 0 Å². The Morgan fingerprint density at radius 1 is 1.00 bits per heavy atom. The third-order valence-corrected chi connectivity index (χ3v) is 7.59. The summed E-state index contributed by atoms with van der Waals surface area (Å²) in [7, 11) is 0. The molecule has 0 aromatic carbocycles. The minimum absolute atomic E-state index is 0.185. The molecule has 0 N–H and O–H groups in total. The van der Waals surface area contributed by atoms with Crippen LogP contribution in [0.4, 0.5) is 5.95 Å². The highest BCUT2D eigenvalue weighted by Gasteiger charge is 2.41. The van der Waals surface area contributed by atoms with Crippen LogP contribution in [0.15, 0.2) is 12.4 Å². The molecule has 3 aliphatic heterocycles. The molecule has 1 amide bonds. The monoisotopic (exact) mass is 428 g/mol. The Bertz CT molecular complexity index is 712. The number of nitrogens with zero attached hydrogens (tertiary/aromatic N) is 6. The fraction of sp³-hybridized carbons (Fsp3) is 0.792. The van der Waals surface area contributed by atoms with E-state index in [4.69, 9.17) is 9.97 Å². The van der Waals surface area contributed by atoms with Gasteiger partial charge in [-0.1, -0.05) is 13.8 Å². The zero-order valence-corrected chi connectivity index (χ0v) is 19.8. The molecule has 0 spiro atoms. The number of fused-ring (bicyclic) bond motifs is 2. The first kappa shape index (κ1) is 22.5. The van der Waals surface area contributed by atoms with Crippen molar-refractivity contribution >= 4 is 11.9 Å². The molecule has 0 saturated carbocycles. The van der Waals surface area contributed by atoms with Crippen LogP contribution in [0.5, 0.6) is 0 Å². The summed E-state index contributed by atoms with van der Waals surface area (Å²) in [6.45, 7) is 15.4. The second-order valence-corrected chi connectivity index (χ2v) is 9.85. The molecule has 3 saturated heterocycles. The summed E-state index contributed by atoms with van der Waals surface area (Å²) >= 11 is 0. The van der Waals surface area contributed by atoms with Crippen molar-refractivity contribution in [2.24, 2.45) is 5.92 Å². The van der Waals surface area contributed by atoms with E-state index in [0.717, 1.165) is 70.2 Å². The average molecular weight is 429 g/mol. The highest BCUT2D eigenvalue weighted by atomic mass is 16.2. The normalized spacial score (nSPS) is 25.1. The second kappa shape index (κ2) is 9.82. The molecule has 172 valence electrons. The van der Waals surface area contributed by atoms with Crippen molar-refractivity contribution in [1.29, 1.82) is 0 Å². The molecule has 1 aromatic rings. The summed E-state index contributed by atoms with van der Waals surface area (Å²) in [6, 6.07) is 1.71. The van der Waals surface area contributed by atoms with Gasteiger partial charge in [-0.25, -0.2) is 9.97 Å². The molecule has 31 heavy (non-hydrogen) atoms. The standard InChI is InChI=1S/C24H40N6O/c1-5-20(6-2)23(31)28-11-9-27(10-12-28)15-19-13-25-24(26-14-19)30-21-7-8-22(30)17-29(16-21)18(3)4/h13-14,18,20-22H,5-12,15-17H2,1-4H3. The van der Waals surface area contributed by atoms with E-state index in [2.05, 4.69) is 47.3 Å². The molecule has 3 aliphatic rings. The number of anilines is 1. The Labute approximate surface area is 187 Å². The lowest BCUT2D eigenvalue weighted by molar-refractivity contribution is -0.137. The Kier molecular flexibility index (Phi) is 7.12. The summed E-state index contributed by atoms with van der Waals surface area (Å²) in [5.74, 6) is 1.43. The first-order valence-corrected chi connectivity index (χ1v) is 12.3. The lowest BCUT2D eigenvalue weighted by Crippen LogP contribution is -2.56. The first-order valence-electron chi connectivity index (χ1n) is 12.3. The molecular formula is C24H40N6O. The van der Waals surface area contributed by atoms with Crippen LogP contribution in [0.25, 0.3) is 0 Å². The van der Waals surface area contributed by atoms with Gasteiger partial charge >= 0.3 is 0 Å². The Morgan fingerprint density at radius 3 is 2.10 bits per heavy atom. The van der Waals surface area contributed by atoms with E-state index in [-0.39, 0.29) is 5.92 Å². The van der Waals surface area contributed by atoms with Crippen LogP contribution in [0.3, 0.4) is 0 Å². The van der Waals surface area contributed by atoms with Gasteiger partial charge in [-0.2, -0.15) is 0 Å². The predicted molar refractivity (Wildman–Crippen MR) is 124 cm³/mol. The molecule has 0 radical (unpaired) electrons. The smallest absolute Gasteiger partial charge is 0.225 e. The van der Waals surface area contributed by atoms with E-state index in [1.807, 2.05) is 12.4 Å². The lowest BCUT2D eigenvalue weighted by atomic mass is 10.0. The van der Waals surface area contributed by atoms with E-state index in [1.54, 1.807) is 0 Å². The van der Waals surface area contributed by atoms with Crippen LogP contribution in [-0.4, -0.2) is 88.0 Å². The van der Waals surface area contributed by atoms with Gasteiger partial charge in [0.25, 0.3) is 0 Å². The van der Waals surface area contributed by atoms with Crippen molar-refractivity contribution in [2.75, 3.05) is 44.2 Å². The molecule has 7 heteroatoms. The number of likely N-dealkylation sites (tertiary alicyclic amines) is 1. The van der Waals surface area contributed by atoms with Crippen LogP contribution in [0.2, 0.25) is 0 Å². The number of piperazine rings is 2. The number of carbonyl (C=O) groups excluding carboxylic acids is 1.